The number of carbonyl (C=O) groups is 1. The maximum atomic E-state index is 12.5. The zero-order valence-corrected chi connectivity index (χ0v) is 15.3. The molecule has 2 fully saturated rings. The molecule has 1 aromatic carbocycles. The summed E-state index contributed by atoms with van der Waals surface area (Å²) in [6.45, 7) is 6.22. The van der Waals surface area contributed by atoms with Crippen molar-refractivity contribution in [3.63, 3.8) is 0 Å². The molecule has 25 heavy (non-hydrogen) atoms. The first kappa shape index (κ1) is 16.8. The summed E-state index contributed by atoms with van der Waals surface area (Å²) in [5.41, 5.74) is 3.08. The normalized spacial score (nSPS) is 37.0. The first-order chi connectivity index (χ1) is 12.1. The molecule has 3 nitrogen and oxygen atoms in total. The maximum Gasteiger partial charge on any atom is 0.311 e. The molecule has 1 aliphatic heterocycles. The van der Waals surface area contributed by atoms with Gasteiger partial charge in [-0.25, -0.2) is 0 Å². The molecule has 0 spiro atoms. The van der Waals surface area contributed by atoms with Gasteiger partial charge in [0.1, 0.15) is 6.10 Å². The zero-order chi connectivity index (χ0) is 17.4. The van der Waals surface area contributed by atoms with E-state index in [9.17, 15) is 4.79 Å². The highest BCUT2D eigenvalue weighted by atomic mass is 16.6. The van der Waals surface area contributed by atoms with E-state index in [2.05, 4.69) is 37.4 Å². The molecule has 0 radical (unpaired) electrons. The molecule has 1 unspecified atom stereocenters. The molecule has 1 saturated carbocycles. The smallest absolute Gasteiger partial charge is 0.311 e. The SMILES string of the molecule is C[C@H]1CCC[C@]2(C)C[C@H]3OC(=O)C(CNCc4ccccc4)[C@H]3C=C12. The molecule has 2 aliphatic carbocycles. The minimum atomic E-state index is -0.0418. The second-order valence-corrected chi connectivity index (χ2v) is 8.46. The highest BCUT2D eigenvalue weighted by Gasteiger charge is 2.51. The number of rotatable bonds is 4. The minimum Gasteiger partial charge on any atom is -0.461 e. The molecule has 3 aliphatic rings. The Hall–Kier alpha value is -1.61. The number of benzene rings is 1. The molecule has 1 aromatic rings. The molecule has 1 heterocycles. The highest BCUT2D eigenvalue weighted by molar-refractivity contribution is 5.76. The first-order valence-corrected chi connectivity index (χ1v) is 9.74. The molecule has 4 rings (SSSR count). The molecule has 1 N–H and O–H groups in total. The van der Waals surface area contributed by atoms with Crippen molar-refractivity contribution in [3.8, 4) is 0 Å². The van der Waals surface area contributed by atoms with Gasteiger partial charge in [0.05, 0.1) is 5.92 Å². The summed E-state index contributed by atoms with van der Waals surface area (Å²) in [6, 6.07) is 10.3. The van der Waals surface area contributed by atoms with Gasteiger partial charge in [-0.3, -0.25) is 4.79 Å². The fraction of sp³-hybridized carbons (Fsp3) is 0.591. The van der Waals surface area contributed by atoms with Crippen LogP contribution < -0.4 is 5.32 Å². The van der Waals surface area contributed by atoms with Crippen LogP contribution in [0.2, 0.25) is 0 Å². The summed E-state index contributed by atoms with van der Waals surface area (Å²) in [6.07, 6.45) is 7.33. The largest absolute Gasteiger partial charge is 0.461 e. The van der Waals surface area contributed by atoms with Crippen molar-refractivity contribution in [2.75, 3.05) is 6.54 Å². The van der Waals surface area contributed by atoms with Crippen LogP contribution in [0.25, 0.3) is 0 Å². The van der Waals surface area contributed by atoms with Gasteiger partial charge in [-0.2, -0.15) is 0 Å². The molecule has 1 saturated heterocycles. The van der Waals surface area contributed by atoms with Gasteiger partial charge in [0.15, 0.2) is 0 Å². The van der Waals surface area contributed by atoms with Crippen LogP contribution in [0.5, 0.6) is 0 Å². The van der Waals surface area contributed by atoms with E-state index in [4.69, 9.17) is 4.74 Å². The summed E-state index contributed by atoms with van der Waals surface area (Å²) in [5.74, 6) is 0.843. The van der Waals surface area contributed by atoms with Crippen LogP contribution in [0.4, 0.5) is 0 Å². The Labute approximate surface area is 150 Å². The van der Waals surface area contributed by atoms with Crippen molar-refractivity contribution >= 4 is 5.97 Å². The molecule has 0 aromatic heterocycles. The van der Waals surface area contributed by atoms with Crippen molar-refractivity contribution in [2.24, 2.45) is 23.2 Å². The molecule has 0 bridgehead atoms. The third-order valence-electron chi connectivity index (χ3n) is 6.62. The predicted molar refractivity (Wildman–Crippen MR) is 98.8 cm³/mol. The number of hydrogen-bond acceptors (Lipinski definition) is 3. The molecular weight excluding hydrogens is 310 g/mol. The fourth-order valence-corrected chi connectivity index (χ4v) is 5.25. The van der Waals surface area contributed by atoms with Crippen LogP contribution in [0.15, 0.2) is 42.0 Å². The number of esters is 1. The second kappa shape index (κ2) is 6.60. The summed E-state index contributed by atoms with van der Waals surface area (Å²) in [7, 11) is 0. The van der Waals surface area contributed by atoms with E-state index in [0.29, 0.717) is 12.5 Å². The van der Waals surface area contributed by atoms with E-state index >= 15 is 0 Å². The monoisotopic (exact) mass is 339 g/mol. The predicted octanol–water partition coefficient (Wildman–Crippen LogP) is 4.09. The van der Waals surface area contributed by atoms with Gasteiger partial charge < -0.3 is 10.1 Å². The van der Waals surface area contributed by atoms with Gasteiger partial charge in [-0.15, -0.1) is 0 Å². The highest BCUT2D eigenvalue weighted by Crippen LogP contribution is 2.53. The number of allylic oxidation sites excluding steroid dienone is 1. The van der Waals surface area contributed by atoms with Gasteiger partial charge >= 0.3 is 5.97 Å². The Morgan fingerprint density at radius 1 is 1.28 bits per heavy atom. The average molecular weight is 339 g/mol. The summed E-state index contributed by atoms with van der Waals surface area (Å²) >= 11 is 0. The van der Waals surface area contributed by atoms with Crippen molar-refractivity contribution < 1.29 is 9.53 Å². The van der Waals surface area contributed by atoms with Crippen LogP contribution in [0.3, 0.4) is 0 Å². The maximum absolute atomic E-state index is 12.5. The summed E-state index contributed by atoms with van der Waals surface area (Å²) in [4.78, 5) is 12.5. The van der Waals surface area contributed by atoms with Crippen LogP contribution in [0.1, 0.15) is 45.1 Å². The third-order valence-corrected chi connectivity index (χ3v) is 6.62. The molecule has 5 atom stereocenters. The van der Waals surface area contributed by atoms with Crippen LogP contribution in [0, 0.1) is 23.2 Å². The van der Waals surface area contributed by atoms with E-state index in [1.165, 1.54) is 24.8 Å². The van der Waals surface area contributed by atoms with Crippen molar-refractivity contribution in [3.05, 3.63) is 47.5 Å². The van der Waals surface area contributed by atoms with Crippen LogP contribution in [-0.4, -0.2) is 18.6 Å². The van der Waals surface area contributed by atoms with E-state index in [0.717, 1.165) is 13.0 Å². The van der Waals surface area contributed by atoms with E-state index in [1.807, 2.05) is 18.2 Å². The molecule has 0 amide bonds. The van der Waals surface area contributed by atoms with E-state index < -0.39 is 0 Å². The number of fused-ring (bicyclic) bond motifs is 2. The Balaban J connectivity index is 1.47. The Morgan fingerprint density at radius 2 is 2.08 bits per heavy atom. The van der Waals surface area contributed by atoms with Gasteiger partial charge in [-0.1, -0.05) is 62.2 Å². The fourth-order valence-electron chi connectivity index (χ4n) is 5.25. The summed E-state index contributed by atoms with van der Waals surface area (Å²) < 4.78 is 5.81. The second-order valence-electron chi connectivity index (χ2n) is 8.46. The number of carbonyl (C=O) groups excluding carboxylic acids is 1. The van der Waals surface area contributed by atoms with E-state index in [1.54, 1.807) is 5.57 Å². The van der Waals surface area contributed by atoms with Gasteiger partial charge in [0, 0.05) is 19.0 Å². The molecular formula is C22H29NO2. The summed E-state index contributed by atoms with van der Waals surface area (Å²) in [5, 5.41) is 3.47. The Bertz CT molecular complexity index is 668. The van der Waals surface area contributed by atoms with Gasteiger partial charge in [0.25, 0.3) is 0 Å². The Morgan fingerprint density at radius 3 is 2.88 bits per heavy atom. The molecule has 3 heteroatoms. The molecule has 134 valence electrons. The third kappa shape index (κ3) is 3.15. The average Bonchev–Trinajstić information content (AvgIpc) is 2.88. The van der Waals surface area contributed by atoms with Crippen LogP contribution in [-0.2, 0) is 16.1 Å². The van der Waals surface area contributed by atoms with Gasteiger partial charge in [0.2, 0.25) is 0 Å². The lowest BCUT2D eigenvalue weighted by molar-refractivity contribution is -0.145. The number of hydrogen-bond donors (Lipinski definition) is 1. The topological polar surface area (TPSA) is 38.3 Å². The minimum absolute atomic E-state index is 0.0117. The number of ether oxygens (including phenoxy) is 1. The quantitative estimate of drug-likeness (QED) is 0.663. The van der Waals surface area contributed by atoms with Crippen molar-refractivity contribution in [1.82, 2.24) is 5.32 Å². The first-order valence-electron chi connectivity index (χ1n) is 9.74. The van der Waals surface area contributed by atoms with Crippen molar-refractivity contribution in [2.45, 2.75) is 52.2 Å². The Kier molecular flexibility index (Phi) is 4.45. The lowest BCUT2D eigenvalue weighted by atomic mass is 9.59. The van der Waals surface area contributed by atoms with Crippen LogP contribution >= 0.6 is 0 Å². The van der Waals surface area contributed by atoms with Gasteiger partial charge in [-0.05, 0) is 36.2 Å². The standard InChI is InChI=1S/C22H29NO2/c1-15-7-6-10-22(2)12-20-17(11-19(15)22)18(21(24)25-20)14-23-13-16-8-4-3-5-9-16/h3-5,8-9,11,15,17-18,20,23H,6-7,10,12-14H2,1-2H3/t15-,17+,18?,20+,22+/m0/s1. The van der Waals surface area contributed by atoms with Crippen molar-refractivity contribution in [1.29, 1.82) is 0 Å². The zero-order valence-electron chi connectivity index (χ0n) is 15.3. The number of nitrogens with one attached hydrogen (secondary N) is 1. The lowest BCUT2D eigenvalue weighted by Gasteiger charge is -2.46. The van der Waals surface area contributed by atoms with E-state index in [-0.39, 0.29) is 29.3 Å². The lowest BCUT2D eigenvalue weighted by Crippen LogP contribution is -2.40.